The van der Waals surface area contributed by atoms with E-state index in [2.05, 4.69) is 12.2 Å². The molecule has 18 heavy (non-hydrogen) atoms. The lowest BCUT2D eigenvalue weighted by molar-refractivity contribution is 0.0610. The predicted molar refractivity (Wildman–Crippen MR) is 68.5 cm³/mol. The van der Waals surface area contributed by atoms with E-state index in [0.717, 1.165) is 19.0 Å². The van der Waals surface area contributed by atoms with Gasteiger partial charge in [-0.3, -0.25) is 0 Å². The van der Waals surface area contributed by atoms with Crippen LogP contribution in [0.3, 0.4) is 0 Å². The Kier molecular flexibility index (Phi) is 6.22. The zero-order valence-electron chi connectivity index (χ0n) is 11.2. The van der Waals surface area contributed by atoms with E-state index in [0.29, 0.717) is 12.2 Å². The minimum absolute atomic E-state index is 0.109. The van der Waals surface area contributed by atoms with E-state index in [9.17, 15) is 8.78 Å². The summed E-state index contributed by atoms with van der Waals surface area (Å²) in [6.45, 7) is 7.21. The molecule has 0 aliphatic carbocycles. The highest BCUT2D eigenvalue weighted by Gasteiger charge is 2.14. The van der Waals surface area contributed by atoms with Crippen molar-refractivity contribution in [1.82, 2.24) is 5.32 Å². The fraction of sp³-hybridized carbons (Fsp3) is 0.571. The van der Waals surface area contributed by atoms with Crippen LogP contribution in [0.25, 0.3) is 0 Å². The van der Waals surface area contributed by atoms with Gasteiger partial charge in [0.15, 0.2) is 11.6 Å². The minimum atomic E-state index is -0.822. The van der Waals surface area contributed by atoms with E-state index >= 15 is 0 Å². The molecule has 0 radical (unpaired) electrons. The maximum Gasteiger partial charge on any atom is 0.159 e. The van der Waals surface area contributed by atoms with Gasteiger partial charge in [0, 0.05) is 0 Å². The Morgan fingerprint density at radius 2 is 1.94 bits per heavy atom. The second kappa shape index (κ2) is 7.44. The summed E-state index contributed by atoms with van der Waals surface area (Å²) in [6, 6.07) is 3.87. The van der Waals surface area contributed by atoms with E-state index < -0.39 is 11.6 Å². The molecule has 0 heterocycles. The van der Waals surface area contributed by atoms with Crippen LogP contribution in [-0.2, 0) is 4.74 Å². The van der Waals surface area contributed by atoms with Crippen LogP contribution < -0.4 is 5.32 Å². The molecule has 0 spiro atoms. The summed E-state index contributed by atoms with van der Waals surface area (Å²) >= 11 is 0. The molecule has 0 saturated heterocycles. The lowest BCUT2D eigenvalue weighted by atomic mass is 10.1. The zero-order valence-corrected chi connectivity index (χ0v) is 11.2. The molecule has 0 aliphatic heterocycles. The maximum atomic E-state index is 13.2. The first-order valence-corrected chi connectivity index (χ1v) is 6.34. The Morgan fingerprint density at radius 3 is 2.50 bits per heavy atom. The Hall–Kier alpha value is -1.00. The molecular formula is C14H21F2NO. The first-order chi connectivity index (χ1) is 8.54. The second-order valence-corrected chi connectivity index (χ2v) is 4.56. The van der Waals surface area contributed by atoms with Crippen LogP contribution in [0.15, 0.2) is 18.2 Å². The lowest BCUT2D eigenvalue weighted by Crippen LogP contribution is -2.27. The third-order valence-electron chi connectivity index (χ3n) is 2.58. The van der Waals surface area contributed by atoms with Gasteiger partial charge in [-0.15, -0.1) is 0 Å². The Bertz CT molecular complexity index is 369. The molecule has 102 valence electrons. The molecule has 1 aromatic rings. The van der Waals surface area contributed by atoms with Gasteiger partial charge in [-0.05, 0) is 44.5 Å². The van der Waals surface area contributed by atoms with Crippen LogP contribution in [0, 0.1) is 11.6 Å². The second-order valence-electron chi connectivity index (χ2n) is 4.56. The summed E-state index contributed by atoms with van der Waals surface area (Å²) in [6.07, 6.45) is 1.09. The normalized spacial score (nSPS) is 13.0. The van der Waals surface area contributed by atoms with Gasteiger partial charge in [-0.2, -0.15) is 0 Å². The van der Waals surface area contributed by atoms with E-state index in [-0.39, 0.29) is 12.1 Å². The van der Waals surface area contributed by atoms with E-state index in [1.807, 2.05) is 13.8 Å². The molecule has 2 nitrogen and oxygen atoms in total. The highest BCUT2D eigenvalue weighted by atomic mass is 19.2. The third-order valence-corrected chi connectivity index (χ3v) is 2.58. The molecule has 1 aromatic carbocycles. The average molecular weight is 257 g/mol. The summed E-state index contributed by atoms with van der Waals surface area (Å²) in [5.74, 6) is -1.64. The Morgan fingerprint density at radius 1 is 1.22 bits per heavy atom. The monoisotopic (exact) mass is 257 g/mol. The van der Waals surface area contributed by atoms with Crippen LogP contribution >= 0.6 is 0 Å². The molecule has 0 aliphatic rings. The van der Waals surface area contributed by atoms with Gasteiger partial charge < -0.3 is 10.1 Å². The molecule has 1 N–H and O–H groups in total. The molecule has 0 aromatic heterocycles. The number of hydrogen-bond donors (Lipinski definition) is 1. The summed E-state index contributed by atoms with van der Waals surface area (Å²) in [5, 5.41) is 3.27. The molecule has 0 fully saturated rings. The van der Waals surface area contributed by atoms with Gasteiger partial charge >= 0.3 is 0 Å². The van der Waals surface area contributed by atoms with Crippen molar-refractivity contribution in [2.75, 3.05) is 13.2 Å². The van der Waals surface area contributed by atoms with Gasteiger partial charge in [0.05, 0.1) is 18.8 Å². The topological polar surface area (TPSA) is 21.3 Å². The van der Waals surface area contributed by atoms with Crippen LogP contribution in [-0.4, -0.2) is 19.3 Å². The van der Waals surface area contributed by atoms with Crippen LogP contribution in [0.1, 0.15) is 38.8 Å². The molecule has 0 amide bonds. The van der Waals surface area contributed by atoms with Gasteiger partial charge in [0.25, 0.3) is 0 Å². The Balaban J connectivity index is 2.76. The Labute approximate surface area is 107 Å². The fourth-order valence-electron chi connectivity index (χ4n) is 1.61. The SMILES string of the molecule is CCCNC(COC(C)C)c1ccc(F)c(F)c1. The van der Waals surface area contributed by atoms with Crippen LogP contribution in [0.4, 0.5) is 8.78 Å². The standard InChI is InChI=1S/C14H21F2NO/c1-4-7-17-14(9-18-10(2)3)11-5-6-12(15)13(16)8-11/h5-6,8,10,14,17H,4,7,9H2,1-3H3. The quantitative estimate of drug-likeness (QED) is 0.808. The van der Waals surface area contributed by atoms with Gasteiger partial charge in [0.1, 0.15) is 0 Å². The van der Waals surface area contributed by atoms with E-state index in [1.165, 1.54) is 6.07 Å². The molecule has 1 unspecified atom stereocenters. The van der Waals surface area contributed by atoms with Gasteiger partial charge in [-0.25, -0.2) is 8.78 Å². The highest BCUT2D eigenvalue weighted by Crippen LogP contribution is 2.17. The first kappa shape index (κ1) is 15.1. The first-order valence-electron chi connectivity index (χ1n) is 6.34. The number of ether oxygens (including phenoxy) is 1. The van der Waals surface area contributed by atoms with Crippen molar-refractivity contribution in [1.29, 1.82) is 0 Å². The summed E-state index contributed by atoms with van der Waals surface area (Å²) in [4.78, 5) is 0. The molecule has 1 atom stereocenters. The van der Waals surface area contributed by atoms with Crippen molar-refractivity contribution < 1.29 is 13.5 Å². The third kappa shape index (κ3) is 4.70. The zero-order chi connectivity index (χ0) is 13.5. The van der Waals surface area contributed by atoms with Crippen molar-refractivity contribution in [3.8, 4) is 0 Å². The predicted octanol–water partition coefficient (Wildman–Crippen LogP) is 3.43. The number of hydrogen-bond acceptors (Lipinski definition) is 2. The number of rotatable bonds is 7. The molecule has 0 bridgehead atoms. The van der Waals surface area contributed by atoms with E-state index in [1.54, 1.807) is 6.07 Å². The minimum Gasteiger partial charge on any atom is -0.377 e. The lowest BCUT2D eigenvalue weighted by Gasteiger charge is -2.20. The van der Waals surface area contributed by atoms with Crippen LogP contribution in [0.5, 0.6) is 0 Å². The molecule has 0 saturated carbocycles. The highest BCUT2D eigenvalue weighted by molar-refractivity contribution is 5.21. The summed E-state index contributed by atoms with van der Waals surface area (Å²) in [7, 11) is 0. The van der Waals surface area contributed by atoms with Crippen molar-refractivity contribution in [3.05, 3.63) is 35.4 Å². The van der Waals surface area contributed by atoms with E-state index in [4.69, 9.17) is 4.74 Å². The smallest absolute Gasteiger partial charge is 0.159 e. The largest absolute Gasteiger partial charge is 0.377 e. The van der Waals surface area contributed by atoms with Gasteiger partial charge in [0.2, 0.25) is 0 Å². The summed E-state index contributed by atoms with van der Waals surface area (Å²) < 4.78 is 31.7. The van der Waals surface area contributed by atoms with Crippen molar-refractivity contribution in [2.45, 2.75) is 39.3 Å². The van der Waals surface area contributed by atoms with Crippen LogP contribution in [0.2, 0.25) is 0 Å². The van der Waals surface area contributed by atoms with Crippen molar-refractivity contribution in [2.24, 2.45) is 0 Å². The number of halogens is 2. The molecule has 4 heteroatoms. The molecular weight excluding hydrogens is 236 g/mol. The summed E-state index contributed by atoms with van der Waals surface area (Å²) in [5.41, 5.74) is 0.711. The average Bonchev–Trinajstić information content (AvgIpc) is 2.33. The van der Waals surface area contributed by atoms with Crippen molar-refractivity contribution >= 4 is 0 Å². The fourth-order valence-corrected chi connectivity index (χ4v) is 1.61. The molecule has 1 rings (SSSR count). The van der Waals surface area contributed by atoms with Gasteiger partial charge in [-0.1, -0.05) is 13.0 Å². The number of nitrogens with one attached hydrogen (secondary N) is 1. The van der Waals surface area contributed by atoms with Crippen molar-refractivity contribution in [3.63, 3.8) is 0 Å². The number of benzene rings is 1. The maximum absolute atomic E-state index is 13.2.